The molecule has 1 heteroatoms. The Morgan fingerprint density at radius 1 is 0.938 bits per heavy atom. The molecule has 0 rings (SSSR count). The molecule has 2 unspecified atom stereocenters. The SMILES string of the molecule is CCCCC(CC)CCC(C)CNCCC. The smallest absolute Gasteiger partial charge is 0.00232 e. The van der Waals surface area contributed by atoms with Gasteiger partial charge in [-0.05, 0) is 37.8 Å². The average molecular weight is 227 g/mol. The predicted octanol–water partition coefficient (Wildman–Crippen LogP) is 4.62. The quantitative estimate of drug-likeness (QED) is 0.508. The van der Waals surface area contributed by atoms with Crippen LogP contribution in [0, 0.1) is 11.8 Å². The van der Waals surface area contributed by atoms with Gasteiger partial charge < -0.3 is 5.32 Å². The normalized spacial score (nSPS) is 15.0. The second-order valence-corrected chi connectivity index (χ2v) is 5.30. The Hall–Kier alpha value is -0.0400. The third-order valence-electron chi connectivity index (χ3n) is 3.53. The molecule has 0 radical (unpaired) electrons. The van der Waals surface area contributed by atoms with E-state index in [1.165, 1.54) is 58.0 Å². The van der Waals surface area contributed by atoms with Gasteiger partial charge in [-0.25, -0.2) is 0 Å². The van der Waals surface area contributed by atoms with Crippen molar-refractivity contribution in [1.29, 1.82) is 0 Å². The summed E-state index contributed by atoms with van der Waals surface area (Å²) in [6.07, 6.45) is 9.67. The third kappa shape index (κ3) is 9.21. The van der Waals surface area contributed by atoms with Crippen molar-refractivity contribution >= 4 is 0 Å². The Balaban J connectivity index is 3.50. The lowest BCUT2D eigenvalue weighted by Gasteiger charge is -2.18. The molecule has 1 nitrogen and oxygen atoms in total. The van der Waals surface area contributed by atoms with E-state index < -0.39 is 0 Å². The molecule has 98 valence electrons. The van der Waals surface area contributed by atoms with E-state index in [0.717, 1.165) is 11.8 Å². The van der Waals surface area contributed by atoms with E-state index in [4.69, 9.17) is 0 Å². The fraction of sp³-hybridized carbons (Fsp3) is 1.00. The van der Waals surface area contributed by atoms with Crippen LogP contribution in [0.3, 0.4) is 0 Å². The Morgan fingerprint density at radius 3 is 2.25 bits per heavy atom. The van der Waals surface area contributed by atoms with E-state index in [-0.39, 0.29) is 0 Å². The van der Waals surface area contributed by atoms with Crippen molar-refractivity contribution < 1.29 is 0 Å². The molecule has 0 saturated carbocycles. The molecule has 0 aliphatic heterocycles. The van der Waals surface area contributed by atoms with Gasteiger partial charge in [0.25, 0.3) is 0 Å². The Morgan fingerprint density at radius 2 is 1.69 bits per heavy atom. The lowest BCUT2D eigenvalue weighted by molar-refractivity contribution is 0.363. The number of unbranched alkanes of at least 4 members (excludes halogenated alkanes) is 1. The van der Waals surface area contributed by atoms with E-state index in [0.29, 0.717) is 0 Å². The van der Waals surface area contributed by atoms with Crippen LogP contribution in [0.5, 0.6) is 0 Å². The molecular weight excluding hydrogens is 194 g/mol. The fourth-order valence-electron chi connectivity index (χ4n) is 2.19. The van der Waals surface area contributed by atoms with Gasteiger partial charge in [-0.3, -0.25) is 0 Å². The summed E-state index contributed by atoms with van der Waals surface area (Å²) in [5, 5.41) is 3.52. The molecule has 0 aromatic rings. The van der Waals surface area contributed by atoms with Gasteiger partial charge in [0, 0.05) is 0 Å². The standard InChI is InChI=1S/C15H33N/c1-5-8-9-15(7-3)11-10-14(4)13-16-12-6-2/h14-16H,5-13H2,1-4H3. The zero-order valence-electron chi connectivity index (χ0n) is 12.0. The average Bonchev–Trinajstić information content (AvgIpc) is 2.30. The Labute approximate surface area is 103 Å². The van der Waals surface area contributed by atoms with Crippen LogP contribution in [-0.2, 0) is 0 Å². The largest absolute Gasteiger partial charge is 0.316 e. The summed E-state index contributed by atoms with van der Waals surface area (Å²) < 4.78 is 0. The molecule has 0 aliphatic carbocycles. The molecule has 0 bridgehead atoms. The molecule has 0 aromatic heterocycles. The van der Waals surface area contributed by atoms with Crippen molar-refractivity contribution in [3.8, 4) is 0 Å². The summed E-state index contributed by atoms with van der Waals surface area (Å²) in [6.45, 7) is 11.6. The van der Waals surface area contributed by atoms with Gasteiger partial charge in [-0.2, -0.15) is 0 Å². The van der Waals surface area contributed by atoms with Crippen LogP contribution in [-0.4, -0.2) is 13.1 Å². The van der Waals surface area contributed by atoms with Crippen molar-refractivity contribution in [3.63, 3.8) is 0 Å². The molecule has 0 fully saturated rings. The van der Waals surface area contributed by atoms with Crippen LogP contribution in [0.15, 0.2) is 0 Å². The maximum absolute atomic E-state index is 3.52. The van der Waals surface area contributed by atoms with Crippen LogP contribution in [0.2, 0.25) is 0 Å². The highest BCUT2D eigenvalue weighted by atomic mass is 14.8. The summed E-state index contributed by atoms with van der Waals surface area (Å²) in [5.41, 5.74) is 0. The Kier molecular flexibility index (Phi) is 11.4. The van der Waals surface area contributed by atoms with E-state index in [2.05, 4.69) is 33.0 Å². The van der Waals surface area contributed by atoms with Gasteiger partial charge >= 0.3 is 0 Å². The summed E-state index contributed by atoms with van der Waals surface area (Å²) in [6, 6.07) is 0. The van der Waals surface area contributed by atoms with Crippen LogP contribution in [0.1, 0.15) is 72.6 Å². The van der Waals surface area contributed by atoms with Crippen LogP contribution >= 0.6 is 0 Å². The third-order valence-corrected chi connectivity index (χ3v) is 3.53. The number of hydrogen-bond acceptors (Lipinski definition) is 1. The first-order chi connectivity index (χ1) is 7.74. The lowest BCUT2D eigenvalue weighted by Crippen LogP contribution is -2.22. The minimum absolute atomic E-state index is 0.849. The van der Waals surface area contributed by atoms with E-state index in [9.17, 15) is 0 Å². The molecule has 2 atom stereocenters. The van der Waals surface area contributed by atoms with Gasteiger partial charge in [0.05, 0.1) is 0 Å². The highest BCUT2D eigenvalue weighted by molar-refractivity contribution is 4.63. The zero-order valence-corrected chi connectivity index (χ0v) is 12.0. The maximum atomic E-state index is 3.52. The minimum atomic E-state index is 0.849. The van der Waals surface area contributed by atoms with Gasteiger partial charge in [0.15, 0.2) is 0 Å². The fourth-order valence-corrected chi connectivity index (χ4v) is 2.19. The summed E-state index contributed by atoms with van der Waals surface area (Å²) in [7, 11) is 0. The number of hydrogen-bond donors (Lipinski definition) is 1. The molecule has 0 saturated heterocycles. The molecule has 0 amide bonds. The first kappa shape index (κ1) is 16.0. The van der Waals surface area contributed by atoms with Crippen LogP contribution in [0.25, 0.3) is 0 Å². The Bertz CT molecular complexity index is 133. The highest BCUT2D eigenvalue weighted by Crippen LogP contribution is 2.20. The van der Waals surface area contributed by atoms with Gasteiger partial charge in [0.2, 0.25) is 0 Å². The van der Waals surface area contributed by atoms with Gasteiger partial charge in [-0.1, -0.05) is 59.8 Å². The molecular formula is C15H33N. The van der Waals surface area contributed by atoms with Crippen molar-refractivity contribution in [2.45, 2.75) is 72.6 Å². The van der Waals surface area contributed by atoms with Gasteiger partial charge in [-0.15, -0.1) is 0 Å². The first-order valence-electron chi connectivity index (χ1n) is 7.45. The number of rotatable bonds is 11. The second kappa shape index (κ2) is 11.4. The molecule has 1 N–H and O–H groups in total. The van der Waals surface area contributed by atoms with Crippen LogP contribution in [0.4, 0.5) is 0 Å². The van der Waals surface area contributed by atoms with Gasteiger partial charge in [0.1, 0.15) is 0 Å². The molecule has 0 aromatic carbocycles. The lowest BCUT2D eigenvalue weighted by atomic mass is 9.91. The van der Waals surface area contributed by atoms with Crippen molar-refractivity contribution in [2.24, 2.45) is 11.8 Å². The monoisotopic (exact) mass is 227 g/mol. The molecule has 0 heterocycles. The summed E-state index contributed by atoms with van der Waals surface area (Å²) in [4.78, 5) is 0. The zero-order chi connectivity index (χ0) is 12.2. The number of nitrogens with one attached hydrogen (secondary N) is 1. The maximum Gasteiger partial charge on any atom is -0.00232 e. The van der Waals surface area contributed by atoms with E-state index in [1.54, 1.807) is 0 Å². The van der Waals surface area contributed by atoms with E-state index in [1.807, 2.05) is 0 Å². The van der Waals surface area contributed by atoms with Crippen molar-refractivity contribution in [3.05, 3.63) is 0 Å². The first-order valence-corrected chi connectivity index (χ1v) is 7.45. The van der Waals surface area contributed by atoms with Crippen molar-refractivity contribution in [2.75, 3.05) is 13.1 Å². The van der Waals surface area contributed by atoms with E-state index >= 15 is 0 Å². The summed E-state index contributed by atoms with van der Waals surface area (Å²) >= 11 is 0. The molecule has 0 spiro atoms. The predicted molar refractivity (Wildman–Crippen MR) is 74.9 cm³/mol. The minimum Gasteiger partial charge on any atom is -0.316 e. The molecule has 0 aliphatic rings. The van der Waals surface area contributed by atoms with Crippen molar-refractivity contribution in [1.82, 2.24) is 5.32 Å². The topological polar surface area (TPSA) is 12.0 Å². The second-order valence-electron chi connectivity index (χ2n) is 5.30. The highest BCUT2D eigenvalue weighted by Gasteiger charge is 2.08. The van der Waals surface area contributed by atoms with Crippen LogP contribution < -0.4 is 5.32 Å². The summed E-state index contributed by atoms with van der Waals surface area (Å²) in [5.74, 6) is 1.83. The molecule has 16 heavy (non-hydrogen) atoms.